The van der Waals surface area contributed by atoms with E-state index in [9.17, 15) is 0 Å². The zero-order chi connectivity index (χ0) is 16.5. The normalized spacial score (nSPS) is 10.9. The predicted octanol–water partition coefficient (Wildman–Crippen LogP) is 5.80. The van der Waals surface area contributed by atoms with Crippen LogP contribution in [0.2, 0.25) is 5.02 Å². The molecule has 0 bridgehead atoms. The fourth-order valence-electron chi connectivity index (χ4n) is 2.84. The van der Waals surface area contributed by atoms with Crippen LogP contribution in [-0.2, 0) is 0 Å². The van der Waals surface area contributed by atoms with Gasteiger partial charge in [0.25, 0.3) is 0 Å². The van der Waals surface area contributed by atoms with Crippen molar-refractivity contribution in [3.8, 4) is 22.4 Å². The van der Waals surface area contributed by atoms with Crippen molar-refractivity contribution < 1.29 is 0 Å². The van der Waals surface area contributed by atoms with Gasteiger partial charge in [0.15, 0.2) is 0 Å². The standard InChI is InChI=1S/C21H15ClN2/c22-17-8-9-19(23)18(13-17)15-6-10-21-16(12-15)7-11-20(24-21)14-4-2-1-3-5-14/h1-13H,23H2. The van der Waals surface area contributed by atoms with Crippen LogP contribution in [0.15, 0.2) is 78.9 Å². The molecule has 2 N–H and O–H groups in total. The fourth-order valence-corrected chi connectivity index (χ4v) is 3.01. The number of benzene rings is 3. The van der Waals surface area contributed by atoms with E-state index in [0.29, 0.717) is 10.7 Å². The molecule has 0 spiro atoms. The van der Waals surface area contributed by atoms with E-state index in [1.807, 2.05) is 48.5 Å². The van der Waals surface area contributed by atoms with E-state index in [0.717, 1.165) is 33.3 Å². The summed E-state index contributed by atoms with van der Waals surface area (Å²) in [6.07, 6.45) is 0. The molecule has 0 atom stereocenters. The Morgan fingerprint density at radius 2 is 1.58 bits per heavy atom. The van der Waals surface area contributed by atoms with Crippen LogP contribution in [0.4, 0.5) is 5.69 Å². The number of nitrogens with zero attached hydrogens (tertiary/aromatic N) is 1. The van der Waals surface area contributed by atoms with Crippen LogP contribution in [-0.4, -0.2) is 4.98 Å². The van der Waals surface area contributed by atoms with Crippen molar-refractivity contribution in [2.45, 2.75) is 0 Å². The van der Waals surface area contributed by atoms with Gasteiger partial charge in [-0.05, 0) is 42.0 Å². The third kappa shape index (κ3) is 2.72. The van der Waals surface area contributed by atoms with Gasteiger partial charge in [-0.1, -0.05) is 54.1 Å². The quantitative estimate of drug-likeness (QED) is 0.471. The van der Waals surface area contributed by atoms with Crippen LogP contribution in [0, 0.1) is 0 Å². The molecule has 0 fully saturated rings. The first-order chi connectivity index (χ1) is 11.7. The van der Waals surface area contributed by atoms with Gasteiger partial charge in [-0.2, -0.15) is 0 Å². The number of halogens is 1. The Morgan fingerprint density at radius 1 is 0.750 bits per heavy atom. The monoisotopic (exact) mass is 330 g/mol. The van der Waals surface area contributed by atoms with Crippen molar-refractivity contribution in [3.05, 3.63) is 83.9 Å². The minimum atomic E-state index is 0.678. The maximum atomic E-state index is 6.11. The average Bonchev–Trinajstić information content (AvgIpc) is 2.63. The molecule has 0 aliphatic carbocycles. The molecule has 0 unspecified atom stereocenters. The van der Waals surface area contributed by atoms with Crippen molar-refractivity contribution in [2.24, 2.45) is 0 Å². The van der Waals surface area contributed by atoms with Gasteiger partial charge in [0.05, 0.1) is 11.2 Å². The molecule has 2 nitrogen and oxygen atoms in total. The zero-order valence-corrected chi connectivity index (χ0v) is 13.7. The lowest BCUT2D eigenvalue weighted by Gasteiger charge is -2.09. The molecule has 3 aromatic carbocycles. The lowest BCUT2D eigenvalue weighted by molar-refractivity contribution is 1.40. The Morgan fingerprint density at radius 3 is 2.42 bits per heavy atom. The fraction of sp³-hybridized carbons (Fsp3) is 0. The van der Waals surface area contributed by atoms with Crippen molar-refractivity contribution in [3.63, 3.8) is 0 Å². The van der Waals surface area contributed by atoms with Crippen LogP contribution < -0.4 is 5.73 Å². The molecule has 0 amide bonds. The molecule has 116 valence electrons. The summed E-state index contributed by atoms with van der Waals surface area (Å²) in [5, 5.41) is 1.75. The first kappa shape index (κ1) is 14.7. The van der Waals surface area contributed by atoms with E-state index in [2.05, 4.69) is 24.3 Å². The van der Waals surface area contributed by atoms with E-state index < -0.39 is 0 Å². The van der Waals surface area contributed by atoms with Crippen LogP contribution in [0.25, 0.3) is 33.3 Å². The van der Waals surface area contributed by atoms with Crippen LogP contribution >= 0.6 is 11.6 Å². The molecule has 4 rings (SSSR count). The molecular formula is C21H15ClN2. The molecule has 0 aliphatic heterocycles. The SMILES string of the molecule is Nc1ccc(Cl)cc1-c1ccc2nc(-c3ccccc3)ccc2c1. The summed E-state index contributed by atoms with van der Waals surface area (Å²) in [6.45, 7) is 0. The number of nitrogen functional groups attached to an aromatic ring is 1. The lowest BCUT2D eigenvalue weighted by Crippen LogP contribution is -1.91. The Bertz CT molecular complexity index is 1030. The van der Waals surface area contributed by atoms with E-state index in [-0.39, 0.29) is 0 Å². The highest BCUT2D eigenvalue weighted by atomic mass is 35.5. The highest BCUT2D eigenvalue weighted by Crippen LogP contribution is 2.31. The van der Waals surface area contributed by atoms with E-state index >= 15 is 0 Å². The molecular weight excluding hydrogens is 316 g/mol. The highest BCUT2D eigenvalue weighted by molar-refractivity contribution is 6.31. The molecule has 24 heavy (non-hydrogen) atoms. The summed E-state index contributed by atoms with van der Waals surface area (Å²) in [4.78, 5) is 4.76. The Kier molecular flexibility index (Phi) is 3.68. The van der Waals surface area contributed by atoms with E-state index in [1.54, 1.807) is 6.07 Å². The van der Waals surface area contributed by atoms with Crippen molar-refractivity contribution in [1.29, 1.82) is 0 Å². The molecule has 1 aromatic heterocycles. The highest BCUT2D eigenvalue weighted by Gasteiger charge is 2.06. The number of hydrogen-bond acceptors (Lipinski definition) is 2. The summed E-state index contributed by atoms with van der Waals surface area (Å²) >= 11 is 6.11. The Balaban J connectivity index is 1.81. The van der Waals surface area contributed by atoms with Gasteiger partial charge in [-0.3, -0.25) is 0 Å². The molecule has 0 radical (unpaired) electrons. The largest absolute Gasteiger partial charge is 0.398 e. The van der Waals surface area contributed by atoms with Crippen molar-refractivity contribution in [1.82, 2.24) is 4.98 Å². The maximum Gasteiger partial charge on any atom is 0.0709 e. The summed E-state index contributed by atoms with van der Waals surface area (Å²) in [7, 11) is 0. The van der Waals surface area contributed by atoms with Gasteiger partial charge < -0.3 is 5.73 Å². The Labute approximate surface area is 145 Å². The smallest absolute Gasteiger partial charge is 0.0709 e. The second kappa shape index (κ2) is 5.99. The molecule has 4 aromatic rings. The van der Waals surface area contributed by atoms with Gasteiger partial charge in [0.2, 0.25) is 0 Å². The van der Waals surface area contributed by atoms with Gasteiger partial charge in [-0.15, -0.1) is 0 Å². The molecule has 0 aliphatic rings. The minimum Gasteiger partial charge on any atom is -0.398 e. The zero-order valence-electron chi connectivity index (χ0n) is 12.9. The summed E-state index contributed by atoms with van der Waals surface area (Å²) in [5.74, 6) is 0. The summed E-state index contributed by atoms with van der Waals surface area (Å²) in [6, 6.07) is 26.0. The maximum absolute atomic E-state index is 6.11. The van der Waals surface area contributed by atoms with Crippen LogP contribution in [0.5, 0.6) is 0 Å². The van der Waals surface area contributed by atoms with Gasteiger partial charge in [-0.25, -0.2) is 4.98 Å². The third-order valence-corrected chi connectivity index (χ3v) is 4.32. The van der Waals surface area contributed by atoms with Gasteiger partial charge >= 0.3 is 0 Å². The predicted molar refractivity (Wildman–Crippen MR) is 102 cm³/mol. The molecule has 1 heterocycles. The number of anilines is 1. The second-order valence-electron chi connectivity index (χ2n) is 5.70. The first-order valence-corrected chi connectivity index (χ1v) is 8.10. The molecule has 0 saturated heterocycles. The minimum absolute atomic E-state index is 0.678. The number of hydrogen-bond donors (Lipinski definition) is 1. The van der Waals surface area contributed by atoms with Crippen molar-refractivity contribution in [2.75, 3.05) is 5.73 Å². The number of rotatable bonds is 2. The molecule has 3 heteroatoms. The Hall–Kier alpha value is -2.84. The van der Waals surface area contributed by atoms with Crippen molar-refractivity contribution >= 4 is 28.2 Å². The lowest BCUT2D eigenvalue weighted by atomic mass is 10.0. The van der Waals surface area contributed by atoms with Gasteiger partial charge in [0.1, 0.15) is 0 Å². The first-order valence-electron chi connectivity index (χ1n) is 7.72. The number of fused-ring (bicyclic) bond motifs is 1. The number of pyridine rings is 1. The third-order valence-electron chi connectivity index (χ3n) is 4.09. The van der Waals surface area contributed by atoms with Crippen LogP contribution in [0.3, 0.4) is 0 Å². The second-order valence-corrected chi connectivity index (χ2v) is 6.14. The van der Waals surface area contributed by atoms with Gasteiger partial charge in [0, 0.05) is 27.2 Å². The summed E-state index contributed by atoms with van der Waals surface area (Å²) < 4.78 is 0. The average molecular weight is 331 g/mol. The molecule has 0 saturated carbocycles. The number of aromatic nitrogens is 1. The topological polar surface area (TPSA) is 38.9 Å². The summed E-state index contributed by atoms with van der Waals surface area (Å²) in [5.41, 5.74) is 11.8. The van der Waals surface area contributed by atoms with Crippen LogP contribution in [0.1, 0.15) is 0 Å². The van der Waals surface area contributed by atoms with E-state index in [1.165, 1.54) is 0 Å². The number of nitrogens with two attached hydrogens (primary N) is 1. The van der Waals surface area contributed by atoms with E-state index in [4.69, 9.17) is 22.3 Å².